The molecule has 1 atom stereocenters. The first-order valence-corrected chi connectivity index (χ1v) is 6.67. The average molecular weight is 246 g/mol. The van der Waals surface area contributed by atoms with E-state index in [2.05, 4.69) is 6.92 Å². The van der Waals surface area contributed by atoms with Gasteiger partial charge in [0.15, 0.2) is 0 Å². The number of ether oxygens (including phenoxy) is 1. The lowest BCUT2D eigenvalue weighted by molar-refractivity contribution is -0.146. The first-order valence-electron chi connectivity index (χ1n) is 6.67. The molecule has 1 rings (SSSR count). The van der Waals surface area contributed by atoms with Crippen molar-refractivity contribution in [2.24, 2.45) is 5.92 Å². The predicted octanol–water partition coefficient (Wildman–Crippen LogP) is 4.07. The smallest absolute Gasteiger partial charge is 0.312 e. The van der Waals surface area contributed by atoms with Crippen LogP contribution in [0.4, 0.5) is 0 Å². The molecule has 0 aliphatic rings. The Balaban J connectivity index is 2.65. The van der Waals surface area contributed by atoms with E-state index in [1.54, 1.807) is 0 Å². The fourth-order valence-electron chi connectivity index (χ4n) is 1.76. The molecule has 98 valence electrons. The Labute approximate surface area is 110 Å². The molecule has 18 heavy (non-hydrogen) atoms. The summed E-state index contributed by atoms with van der Waals surface area (Å²) in [7, 11) is 0. The van der Waals surface area contributed by atoms with Crippen molar-refractivity contribution in [1.29, 1.82) is 0 Å². The second kappa shape index (κ2) is 8.51. The number of esters is 1. The topological polar surface area (TPSA) is 26.3 Å². The molecule has 0 unspecified atom stereocenters. The van der Waals surface area contributed by atoms with Crippen LogP contribution >= 0.6 is 0 Å². The van der Waals surface area contributed by atoms with E-state index in [1.165, 1.54) is 0 Å². The minimum absolute atomic E-state index is 0.113. The highest BCUT2D eigenvalue weighted by Crippen LogP contribution is 2.14. The average Bonchev–Trinajstić information content (AvgIpc) is 2.40. The molecular weight excluding hydrogens is 224 g/mol. The normalized spacial score (nSPS) is 12.6. The van der Waals surface area contributed by atoms with Gasteiger partial charge in [-0.05, 0) is 18.9 Å². The largest absolute Gasteiger partial charge is 0.466 e. The lowest BCUT2D eigenvalue weighted by atomic mass is 10.0. The molecule has 0 aliphatic carbocycles. The van der Waals surface area contributed by atoms with E-state index < -0.39 is 0 Å². The maximum Gasteiger partial charge on any atom is 0.312 e. The van der Waals surface area contributed by atoms with Gasteiger partial charge < -0.3 is 4.74 Å². The monoisotopic (exact) mass is 246 g/mol. The number of carbonyl (C=O) groups is 1. The quantitative estimate of drug-likeness (QED) is 0.678. The summed E-state index contributed by atoms with van der Waals surface area (Å²) >= 11 is 0. The van der Waals surface area contributed by atoms with E-state index in [9.17, 15) is 4.79 Å². The Morgan fingerprint density at radius 3 is 2.61 bits per heavy atom. The molecule has 0 saturated heterocycles. The van der Waals surface area contributed by atoms with Gasteiger partial charge in [-0.15, -0.1) is 0 Å². The van der Waals surface area contributed by atoms with Gasteiger partial charge in [-0.2, -0.15) is 0 Å². The summed E-state index contributed by atoms with van der Waals surface area (Å²) in [6, 6.07) is 10.0. The van der Waals surface area contributed by atoms with Crippen LogP contribution in [0.1, 0.15) is 38.7 Å². The number of hydrogen-bond donors (Lipinski definition) is 0. The van der Waals surface area contributed by atoms with Gasteiger partial charge in [-0.3, -0.25) is 4.79 Å². The molecule has 2 heteroatoms. The minimum atomic E-state index is -0.120. The van der Waals surface area contributed by atoms with Crippen LogP contribution in [-0.2, 0) is 9.53 Å². The van der Waals surface area contributed by atoms with Gasteiger partial charge in [0.1, 0.15) is 0 Å². The van der Waals surface area contributed by atoms with E-state index >= 15 is 0 Å². The lowest BCUT2D eigenvalue weighted by Gasteiger charge is -2.10. The molecule has 0 aliphatic heterocycles. The van der Waals surface area contributed by atoms with Crippen molar-refractivity contribution < 1.29 is 9.53 Å². The van der Waals surface area contributed by atoms with Gasteiger partial charge in [0, 0.05) is 0 Å². The molecule has 0 fully saturated rings. The summed E-state index contributed by atoms with van der Waals surface area (Å²) in [5.41, 5.74) is 1.11. The Bertz CT molecular complexity index is 368. The predicted molar refractivity (Wildman–Crippen MR) is 75.1 cm³/mol. The van der Waals surface area contributed by atoms with Crippen molar-refractivity contribution >= 4 is 12.0 Å². The van der Waals surface area contributed by atoms with Gasteiger partial charge >= 0.3 is 5.97 Å². The molecule has 2 nitrogen and oxygen atoms in total. The van der Waals surface area contributed by atoms with Crippen molar-refractivity contribution in [2.45, 2.75) is 33.1 Å². The third-order valence-electron chi connectivity index (χ3n) is 2.78. The van der Waals surface area contributed by atoms with Crippen molar-refractivity contribution in [3.05, 3.63) is 42.0 Å². The highest BCUT2D eigenvalue weighted by Gasteiger charge is 2.15. The maximum absolute atomic E-state index is 11.8. The van der Waals surface area contributed by atoms with Gasteiger partial charge in [-0.25, -0.2) is 0 Å². The van der Waals surface area contributed by atoms with Gasteiger partial charge in [-0.1, -0.05) is 62.2 Å². The standard InChI is InChI=1S/C16H22O2/c1-3-5-11-15(16(17)18-4-2)13-12-14-9-7-6-8-10-14/h6-10,12-13,15H,3-5,11H2,1-2H3/b13-12+/t15-/m0/s1. The van der Waals surface area contributed by atoms with E-state index in [0.717, 1.165) is 24.8 Å². The summed E-state index contributed by atoms with van der Waals surface area (Å²) in [6.45, 7) is 4.42. The Morgan fingerprint density at radius 2 is 2.00 bits per heavy atom. The third kappa shape index (κ3) is 5.17. The maximum atomic E-state index is 11.8. The van der Waals surface area contributed by atoms with Crippen LogP contribution < -0.4 is 0 Å². The second-order valence-electron chi connectivity index (χ2n) is 4.27. The van der Waals surface area contributed by atoms with Crippen LogP contribution in [0.5, 0.6) is 0 Å². The molecule has 0 N–H and O–H groups in total. The van der Waals surface area contributed by atoms with E-state index in [1.807, 2.05) is 49.4 Å². The van der Waals surface area contributed by atoms with Crippen LogP contribution in [0.15, 0.2) is 36.4 Å². The van der Waals surface area contributed by atoms with Gasteiger partial charge in [0.05, 0.1) is 12.5 Å². The SMILES string of the molecule is CCCC[C@@H](/C=C/c1ccccc1)C(=O)OCC. The molecule has 0 bridgehead atoms. The van der Waals surface area contributed by atoms with Crippen molar-refractivity contribution in [1.82, 2.24) is 0 Å². The van der Waals surface area contributed by atoms with Gasteiger partial charge in [0.25, 0.3) is 0 Å². The lowest BCUT2D eigenvalue weighted by Crippen LogP contribution is -2.15. The second-order valence-corrected chi connectivity index (χ2v) is 4.27. The summed E-state index contributed by atoms with van der Waals surface area (Å²) in [5, 5.41) is 0. The van der Waals surface area contributed by atoms with Crippen molar-refractivity contribution in [2.75, 3.05) is 6.61 Å². The molecule has 0 aromatic heterocycles. The molecule has 1 aromatic rings. The summed E-state index contributed by atoms with van der Waals surface area (Å²) in [6.07, 6.45) is 6.95. The molecular formula is C16H22O2. The molecule has 0 radical (unpaired) electrons. The molecule has 0 saturated carbocycles. The number of benzene rings is 1. The summed E-state index contributed by atoms with van der Waals surface area (Å²) in [5.74, 6) is -0.233. The zero-order valence-corrected chi connectivity index (χ0v) is 11.3. The highest BCUT2D eigenvalue weighted by atomic mass is 16.5. The number of carbonyl (C=O) groups excluding carboxylic acids is 1. The Hall–Kier alpha value is -1.57. The van der Waals surface area contributed by atoms with Crippen LogP contribution in [0.2, 0.25) is 0 Å². The summed E-state index contributed by atoms with van der Waals surface area (Å²) in [4.78, 5) is 11.8. The zero-order valence-electron chi connectivity index (χ0n) is 11.3. The Morgan fingerprint density at radius 1 is 1.28 bits per heavy atom. The van der Waals surface area contributed by atoms with Crippen LogP contribution in [-0.4, -0.2) is 12.6 Å². The van der Waals surface area contributed by atoms with Crippen LogP contribution in [0.3, 0.4) is 0 Å². The number of rotatable bonds is 7. The fourth-order valence-corrected chi connectivity index (χ4v) is 1.76. The van der Waals surface area contributed by atoms with E-state index in [4.69, 9.17) is 4.74 Å². The first kappa shape index (κ1) is 14.5. The van der Waals surface area contributed by atoms with Gasteiger partial charge in [0.2, 0.25) is 0 Å². The molecule has 0 spiro atoms. The Kier molecular flexibility index (Phi) is 6.85. The molecule has 0 heterocycles. The third-order valence-corrected chi connectivity index (χ3v) is 2.78. The first-order chi connectivity index (χ1) is 8.77. The number of hydrogen-bond acceptors (Lipinski definition) is 2. The highest BCUT2D eigenvalue weighted by molar-refractivity contribution is 5.75. The van der Waals surface area contributed by atoms with Crippen LogP contribution in [0.25, 0.3) is 6.08 Å². The van der Waals surface area contributed by atoms with E-state index in [0.29, 0.717) is 6.61 Å². The fraction of sp³-hybridized carbons (Fsp3) is 0.438. The minimum Gasteiger partial charge on any atom is -0.466 e. The van der Waals surface area contributed by atoms with Crippen molar-refractivity contribution in [3.63, 3.8) is 0 Å². The van der Waals surface area contributed by atoms with Crippen molar-refractivity contribution in [3.8, 4) is 0 Å². The van der Waals surface area contributed by atoms with Crippen LogP contribution in [0, 0.1) is 5.92 Å². The number of unbranched alkanes of at least 4 members (excludes halogenated alkanes) is 1. The molecule has 0 amide bonds. The van der Waals surface area contributed by atoms with E-state index in [-0.39, 0.29) is 11.9 Å². The molecule has 1 aromatic carbocycles. The summed E-state index contributed by atoms with van der Waals surface area (Å²) < 4.78 is 5.10. The zero-order chi connectivity index (χ0) is 13.2.